The highest BCUT2D eigenvalue weighted by Crippen LogP contribution is 2.40. The first kappa shape index (κ1) is 24.4. The molecule has 0 amide bonds. The Balaban J connectivity index is 1.78. The van der Waals surface area contributed by atoms with Gasteiger partial charge < -0.3 is 4.74 Å². The number of hydrogen-bond acceptors (Lipinski definition) is 2. The first-order valence-corrected chi connectivity index (χ1v) is 11.8. The molecule has 0 N–H and O–H groups in total. The van der Waals surface area contributed by atoms with E-state index in [2.05, 4.69) is 58.1 Å². The molecule has 0 unspecified atom stereocenters. The van der Waals surface area contributed by atoms with E-state index in [1.54, 1.807) is 0 Å². The van der Waals surface area contributed by atoms with Gasteiger partial charge in [0.15, 0.2) is 0 Å². The van der Waals surface area contributed by atoms with Crippen LogP contribution in [0.5, 0.6) is 0 Å². The Hall–Kier alpha value is -1.83. The predicted molar refractivity (Wildman–Crippen MR) is 128 cm³/mol. The Morgan fingerprint density at radius 1 is 1.07 bits per heavy atom. The van der Waals surface area contributed by atoms with Crippen LogP contribution in [-0.2, 0) is 9.53 Å². The van der Waals surface area contributed by atoms with Crippen LogP contribution in [-0.4, -0.2) is 12.6 Å². The SMILES string of the molecule is CC(C=CC1=C(C)CCCC1(C)C)=CC=CC(C)=CCOC(=O)CC1CCCCC1. The van der Waals surface area contributed by atoms with Gasteiger partial charge in [0.25, 0.3) is 0 Å². The molecule has 166 valence electrons. The van der Waals surface area contributed by atoms with Crippen molar-refractivity contribution in [2.75, 3.05) is 6.61 Å². The number of carbonyl (C=O) groups excluding carboxylic acids is 1. The highest BCUT2D eigenvalue weighted by atomic mass is 16.5. The first-order chi connectivity index (χ1) is 14.3. The van der Waals surface area contributed by atoms with Crippen LogP contribution in [0.2, 0.25) is 0 Å². The molecule has 0 aliphatic heterocycles. The Kier molecular flexibility index (Phi) is 9.88. The zero-order valence-electron chi connectivity index (χ0n) is 19.9. The lowest BCUT2D eigenvalue weighted by Crippen LogP contribution is -2.19. The first-order valence-electron chi connectivity index (χ1n) is 11.8. The van der Waals surface area contributed by atoms with Gasteiger partial charge in [0.05, 0.1) is 0 Å². The second kappa shape index (κ2) is 12.1. The van der Waals surface area contributed by atoms with Crippen LogP contribution < -0.4 is 0 Å². The Morgan fingerprint density at radius 3 is 2.50 bits per heavy atom. The summed E-state index contributed by atoms with van der Waals surface area (Å²) in [6, 6.07) is 0. The quantitative estimate of drug-likeness (QED) is 0.299. The van der Waals surface area contributed by atoms with Crippen molar-refractivity contribution < 1.29 is 9.53 Å². The smallest absolute Gasteiger partial charge is 0.306 e. The molecular weight excluding hydrogens is 368 g/mol. The van der Waals surface area contributed by atoms with Gasteiger partial charge in [0.1, 0.15) is 6.61 Å². The summed E-state index contributed by atoms with van der Waals surface area (Å²) in [5, 5.41) is 0. The summed E-state index contributed by atoms with van der Waals surface area (Å²) >= 11 is 0. The van der Waals surface area contributed by atoms with E-state index in [1.165, 1.54) is 68.1 Å². The molecular formula is C28H42O2. The van der Waals surface area contributed by atoms with Gasteiger partial charge in [0, 0.05) is 6.42 Å². The Labute approximate surface area is 184 Å². The average molecular weight is 411 g/mol. The molecule has 0 aromatic heterocycles. The molecule has 0 saturated heterocycles. The zero-order valence-corrected chi connectivity index (χ0v) is 19.9. The number of esters is 1. The van der Waals surface area contributed by atoms with E-state index in [9.17, 15) is 4.79 Å². The third kappa shape index (κ3) is 8.50. The van der Waals surface area contributed by atoms with Crippen molar-refractivity contribution in [3.05, 3.63) is 58.7 Å². The number of rotatable bonds is 8. The fraction of sp³-hybridized carbons (Fsp3) is 0.607. The monoisotopic (exact) mass is 410 g/mol. The Bertz CT molecular complexity index is 722. The van der Waals surface area contributed by atoms with Crippen molar-refractivity contribution >= 4 is 5.97 Å². The summed E-state index contributed by atoms with van der Waals surface area (Å²) in [4.78, 5) is 12.0. The van der Waals surface area contributed by atoms with Crippen LogP contribution in [0.4, 0.5) is 0 Å². The van der Waals surface area contributed by atoms with Crippen LogP contribution in [0, 0.1) is 11.3 Å². The van der Waals surface area contributed by atoms with Crippen LogP contribution in [0.1, 0.15) is 92.4 Å². The van der Waals surface area contributed by atoms with Gasteiger partial charge in [-0.05, 0) is 75.9 Å². The molecule has 2 aliphatic rings. The van der Waals surface area contributed by atoms with E-state index in [1.807, 2.05) is 13.0 Å². The molecule has 0 aromatic rings. The number of ether oxygens (including phenoxy) is 1. The normalized spacial score (nSPS) is 21.6. The van der Waals surface area contributed by atoms with Crippen molar-refractivity contribution in [3.63, 3.8) is 0 Å². The standard InChI is InChI=1S/C28H42O2/c1-22(16-17-26-24(3)13-10-19-28(26,4)5)11-9-12-23(2)18-20-30-27(29)21-25-14-7-6-8-15-25/h9,11-12,16-18,25H,6-8,10,13-15,19-21H2,1-5H3. The highest BCUT2D eigenvalue weighted by Gasteiger charge is 2.26. The predicted octanol–water partition coefficient (Wildman–Crippen LogP) is 8.03. The molecule has 1 fully saturated rings. The Morgan fingerprint density at radius 2 is 1.80 bits per heavy atom. The number of allylic oxidation sites excluding steroid dienone is 9. The van der Waals surface area contributed by atoms with Gasteiger partial charge in [-0.2, -0.15) is 0 Å². The van der Waals surface area contributed by atoms with Crippen molar-refractivity contribution in [1.82, 2.24) is 0 Å². The minimum Gasteiger partial charge on any atom is -0.461 e. The lowest BCUT2D eigenvalue weighted by molar-refractivity contribution is -0.143. The molecule has 0 radical (unpaired) electrons. The van der Waals surface area contributed by atoms with Crippen molar-refractivity contribution in [2.24, 2.45) is 11.3 Å². The van der Waals surface area contributed by atoms with Crippen LogP contribution in [0.15, 0.2) is 58.7 Å². The molecule has 2 aliphatic carbocycles. The van der Waals surface area contributed by atoms with Crippen LogP contribution in [0.3, 0.4) is 0 Å². The molecule has 0 spiro atoms. The molecule has 2 heteroatoms. The number of carbonyl (C=O) groups is 1. The van der Waals surface area contributed by atoms with E-state index >= 15 is 0 Å². The summed E-state index contributed by atoms with van der Waals surface area (Å²) in [5.74, 6) is 0.488. The van der Waals surface area contributed by atoms with E-state index in [-0.39, 0.29) is 11.4 Å². The van der Waals surface area contributed by atoms with Crippen molar-refractivity contribution in [2.45, 2.75) is 92.4 Å². The van der Waals surface area contributed by atoms with Gasteiger partial charge >= 0.3 is 5.97 Å². The lowest BCUT2D eigenvalue weighted by Gasteiger charge is -2.32. The largest absolute Gasteiger partial charge is 0.461 e. The third-order valence-electron chi connectivity index (χ3n) is 6.60. The topological polar surface area (TPSA) is 26.3 Å². The summed E-state index contributed by atoms with van der Waals surface area (Å²) in [7, 11) is 0. The van der Waals surface area contributed by atoms with Gasteiger partial charge in [-0.3, -0.25) is 4.79 Å². The minimum absolute atomic E-state index is 0.0500. The van der Waals surface area contributed by atoms with Gasteiger partial charge in [-0.25, -0.2) is 0 Å². The molecule has 2 nitrogen and oxygen atoms in total. The van der Waals surface area contributed by atoms with Crippen LogP contribution >= 0.6 is 0 Å². The fourth-order valence-corrected chi connectivity index (χ4v) is 4.65. The van der Waals surface area contributed by atoms with E-state index in [4.69, 9.17) is 4.74 Å². The second-order valence-electron chi connectivity index (χ2n) is 9.87. The maximum absolute atomic E-state index is 12.0. The average Bonchev–Trinajstić information content (AvgIpc) is 2.68. The summed E-state index contributed by atoms with van der Waals surface area (Å²) < 4.78 is 5.40. The summed E-state index contributed by atoms with van der Waals surface area (Å²) in [5.41, 5.74) is 5.65. The molecule has 30 heavy (non-hydrogen) atoms. The summed E-state index contributed by atoms with van der Waals surface area (Å²) in [6.07, 6.45) is 23.4. The maximum atomic E-state index is 12.0. The fourth-order valence-electron chi connectivity index (χ4n) is 4.65. The van der Waals surface area contributed by atoms with E-state index in [0.717, 1.165) is 5.57 Å². The maximum Gasteiger partial charge on any atom is 0.306 e. The molecule has 0 heterocycles. The van der Waals surface area contributed by atoms with Gasteiger partial charge in [0.2, 0.25) is 0 Å². The molecule has 0 atom stereocenters. The molecule has 1 saturated carbocycles. The summed E-state index contributed by atoms with van der Waals surface area (Å²) in [6.45, 7) is 11.5. The lowest BCUT2D eigenvalue weighted by atomic mass is 9.72. The van der Waals surface area contributed by atoms with E-state index in [0.29, 0.717) is 18.9 Å². The molecule has 0 bridgehead atoms. The number of hydrogen-bond donors (Lipinski definition) is 0. The van der Waals surface area contributed by atoms with E-state index < -0.39 is 0 Å². The zero-order chi connectivity index (χ0) is 22.0. The third-order valence-corrected chi connectivity index (χ3v) is 6.60. The highest BCUT2D eigenvalue weighted by molar-refractivity contribution is 5.69. The van der Waals surface area contributed by atoms with Gasteiger partial charge in [-0.15, -0.1) is 0 Å². The molecule has 2 rings (SSSR count). The van der Waals surface area contributed by atoms with Crippen molar-refractivity contribution in [3.8, 4) is 0 Å². The second-order valence-corrected chi connectivity index (χ2v) is 9.87. The minimum atomic E-state index is -0.0500. The van der Waals surface area contributed by atoms with Gasteiger partial charge in [-0.1, -0.05) is 80.2 Å². The van der Waals surface area contributed by atoms with Crippen molar-refractivity contribution in [1.29, 1.82) is 0 Å². The van der Waals surface area contributed by atoms with Crippen LogP contribution in [0.25, 0.3) is 0 Å². The molecule has 0 aromatic carbocycles.